The molecule has 0 bridgehead atoms. The molecule has 1 heterocycles. The first kappa shape index (κ1) is 11.6. The number of ether oxygens (including phenoxy) is 1. The van der Waals surface area contributed by atoms with Crippen molar-refractivity contribution < 1.29 is 9.53 Å². The quantitative estimate of drug-likeness (QED) is 0.918. The SMILES string of the molecule is NCCC(=O)Cc1cc(Br)cc2c1OCC2. The zero-order valence-corrected chi connectivity index (χ0v) is 10.5. The third-order valence-electron chi connectivity index (χ3n) is 2.64. The molecule has 0 amide bonds. The fraction of sp³-hybridized carbons (Fsp3) is 0.417. The average Bonchev–Trinajstić information content (AvgIpc) is 2.65. The van der Waals surface area contributed by atoms with Crippen LogP contribution in [0.3, 0.4) is 0 Å². The lowest BCUT2D eigenvalue weighted by molar-refractivity contribution is -0.118. The number of hydrogen-bond donors (Lipinski definition) is 1. The Balaban J connectivity index is 2.23. The summed E-state index contributed by atoms with van der Waals surface area (Å²) in [6, 6.07) is 4.01. The monoisotopic (exact) mass is 283 g/mol. The van der Waals surface area contributed by atoms with Crippen molar-refractivity contribution in [2.75, 3.05) is 13.2 Å². The van der Waals surface area contributed by atoms with Gasteiger partial charge in [0, 0.05) is 29.3 Å². The minimum atomic E-state index is 0.165. The van der Waals surface area contributed by atoms with Gasteiger partial charge in [-0.15, -0.1) is 0 Å². The van der Waals surface area contributed by atoms with Gasteiger partial charge in [-0.3, -0.25) is 4.79 Å². The molecule has 1 aliphatic rings. The van der Waals surface area contributed by atoms with E-state index in [1.807, 2.05) is 6.07 Å². The van der Waals surface area contributed by atoms with E-state index < -0.39 is 0 Å². The Morgan fingerprint density at radius 1 is 1.50 bits per heavy atom. The maximum absolute atomic E-state index is 11.6. The van der Waals surface area contributed by atoms with Gasteiger partial charge in [-0.05, 0) is 24.2 Å². The zero-order chi connectivity index (χ0) is 11.5. The molecule has 0 aliphatic carbocycles. The second-order valence-electron chi connectivity index (χ2n) is 3.91. The van der Waals surface area contributed by atoms with Gasteiger partial charge in [0.2, 0.25) is 0 Å². The lowest BCUT2D eigenvalue weighted by Crippen LogP contribution is -2.10. The molecule has 0 atom stereocenters. The number of rotatable bonds is 4. The molecular formula is C12H14BrNO2. The Morgan fingerprint density at radius 3 is 3.06 bits per heavy atom. The maximum atomic E-state index is 11.6. The van der Waals surface area contributed by atoms with E-state index in [0.717, 1.165) is 22.2 Å². The molecule has 4 heteroatoms. The third-order valence-corrected chi connectivity index (χ3v) is 3.09. The molecule has 0 fully saturated rings. The summed E-state index contributed by atoms with van der Waals surface area (Å²) in [6.45, 7) is 1.12. The second-order valence-corrected chi connectivity index (χ2v) is 4.82. The summed E-state index contributed by atoms with van der Waals surface area (Å²) in [5.74, 6) is 1.06. The highest BCUT2D eigenvalue weighted by Gasteiger charge is 2.18. The molecule has 2 rings (SSSR count). The summed E-state index contributed by atoms with van der Waals surface area (Å²) in [7, 11) is 0. The van der Waals surface area contributed by atoms with Crippen molar-refractivity contribution in [3.63, 3.8) is 0 Å². The number of ketones is 1. The summed E-state index contributed by atoms with van der Waals surface area (Å²) in [5, 5.41) is 0. The van der Waals surface area contributed by atoms with Crippen LogP contribution in [0.15, 0.2) is 16.6 Å². The number of hydrogen-bond acceptors (Lipinski definition) is 3. The highest BCUT2D eigenvalue weighted by Crippen LogP contribution is 2.33. The summed E-state index contributed by atoms with van der Waals surface area (Å²) in [5.41, 5.74) is 7.52. The molecule has 3 nitrogen and oxygen atoms in total. The van der Waals surface area contributed by atoms with Gasteiger partial charge >= 0.3 is 0 Å². The minimum absolute atomic E-state index is 0.165. The molecule has 86 valence electrons. The third kappa shape index (κ3) is 2.44. The van der Waals surface area contributed by atoms with Crippen molar-refractivity contribution in [3.05, 3.63) is 27.7 Å². The number of benzene rings is 1. The van der Waals surface area contributed by atoms with Crippen LogP contribution in [0.4, 0.5) is 0 Å². The van der Waals surface area contributed by atoms with Crippen molar-refractivity contribution in [1.29, 1.82) is 0 Å². The van der Waals surface area contributed by atoms with Crippen molar-refractivity contribution in [3.8, 4) is 5.75 Å². The summed E-state index contributed by atoms with van der Waals surface area (Å²) in [6.07, 6.45) is 1.77. The average molecular weight is 284 g/mol. The first-order valence-corrected chi connectivity index (χ1v) is 6.16. The van der Waals surface area contributed by atoms with E-state index >= 15 is 0 Å². The summed E-state index contributed by atoms with van der Waals surface area (Å²) >= 11 is 3.45. The first-order chi connectivity index (χ1) is 7.70. The smallest absolute Gasteiger partial charge is 0.138 e. The number of nitrogens with two attached hydrogens (primary N) is 1. The van der Waals surface area contributed by atoms with E-state index in [9.17, 15) is 4.79 Å². The van der Waals surface area contributed by atoms with E-state index in [1.165, 1.54) is 5.56 Å². The van der Waals surface area contributed by atoms with Crippen LogP contribution < -0.4 is 10.5 Å². The van der Waals surface area contributed by atoms with Crippen LogP contribution >= 0.6 is 15.9 Å². The van der Waals surface area contributed by atoms with Crippen molar-refractivity contribution in [1.82, 2.24) is 0 Å². The van der Waals surface area contributed by atoms with E-state index in [2.05, 4.69) is 22.0 Å². The van der Waals surface area contributed by atoms with Gasteiger partial charge in [-0.25, -0.2) is 0 Å². The van der Waals surface area contributed by atoms with Crippen LogP contribution in [-0.4, -0.2) is 18.9 Å². The predicted octanol–water partition coefficient (Wildman–Crippen LogP) is 1.84. The predicted molar refractivity (Wildman–Crippen MR) is 65.7 cm³/mol. The molecule has 0 aromatic heterocycles. The molecule has 0 spiro atoms. The van der Waals surface area contributed by atoms with Crippen molar-refractivity contribution in [2.24, 2.45) is 5.73 Å². The Morgan fingerprint density at radius 2 is 2.31 bits per heavy atom. The maximum Gasteiger partial charge on any atom is 0.138 e. The highest BCUT2D eigenvalue weighted by molar-refractivity contribution is 9.10. The molecule has 0 radical (unpaired) electrons. The number of carbonyl (C=O) groups is 1. The number of Topliss-reactive ketones (excluding diaryl/α,β-unsaturated/α-hetero) is 1. The number of fused-ring (bicyclic) bond motifs is 1. The molecule has 1 aromatic carbocycles. The standard InChI is InChI=1S/C12H14BrNO2/c13-10-5-8-2-4-16-12(8)9(6-10)7-11(15)1-3-14/h5-6H,1-4,7,14H2. The molecule has 2 N–H and O–H groups in total. The van der Waals surface area contributed by atoms with E-state index in [1.54, 1.807) is 0 Å². The number of carbonyl (C=O) groups excluding carboxylic acids is 1. The Labute approximate surface area is 103 Å². The molecule has 1 aliphatic heterocycles. The molecule has 0 unspecified atom stereocenters. The van der Waals surface area contributed by atoms with Gasteiger partial charge in [0.05, 0.1) is 6.61 Å². The normalized spacial score (nSPS) is 13.4. The van der Waals surface area contributed by atoms with E-state index in [0.29, 0.717) is 26.0 Å². The van der Waals surface area contributed by atoms with Crippen LogP contribution in [0.2, 0.25) is 0 Å². The van der Waals surface area contributed by atoms with Gasteiger partial charge in [0.1, 0.15) is 11.5 Å². The van der Waals surface area contributed by atoms with E-state index in [4.69, 9.17) is 10.5 Å². The van der Waals surface area contributed by atoms with Gasteiger partial charge < -0.3 is 10.5 Å². The van der Waals surface area contributed by atoms with Crippen LogP contribution in [0.25, 0.3) is 0 Å². The summed E-state index contributed by atoms with van der Waals surface area (Å²) < 4.78 is 6.57. The molecular weight excluding hydrogens is 270 g/mol. The van der Waals surface area contributed by atoms with Crippen LogP contribution in [-0.2, 0) is 17.6 Å². The Bertz CT molecular complexity index is 418. The fourth-order valence-electron chi connectivity index (χ4n) is 1.94. The van der Waals surface area contributed by atoms with Gasteiger partial charge in [-0.2, -0.15) is 0 Å². The minimum Gasteiger partial charge on any atom is -0.493 e. The molecule has 16 heavy (non-hydrogen) atoms. The first-order valence-electron chi connectivity index (χ1n) is 5.36. The van der Waals surface area contributed by atoms with Crippen LogP contribution in [0.1, 0.15) is 17.5 Å². The topological polar surface area (TPSA) is 52.3 Å². The van der Waals surface area contributed by atoms with Crippen LogP contribution in [0.5, 0.6) is 5.75 Å². The Kier molecular flexibility index (Phi) is 3.61. The Hall–Kier alpha value is -0.870. The second kappa shape index (κ2) is 4.97. The van der Waals surface area contributed by atoms with Gasteiger partial charge in [0.15, 0.2) is 0 Å². The lowest BCUT2D eigenvalue weighted by atomic mass is 10.0. The van der Waals surface area contributed by atoms with Crippen molar-refractivity contribution in [2.45, 2.75) is 19.3 Å². The summed E-state index contributed by atoms with van der Waals surface area (Å²) in [4.78, 5) is 11.6. The highest BCUT2D eigenvalue weighted by atomic mass is 79.9. The molecule has 0 saturated carbocycles. The molecule has 0 saturated heterocycles. The fourth-order valence-corrected chi connectivity index (χ4v) is 2.49. The van der Waals surface area contributed by atoms with E-state index in [-0.39, 0.29) is 5.78 Å². The number of halogens is 1. The lowest BCUT2D eigenvalue weighted by Gasteiger charge is -2.08. The largest absolute Gasteiger partial charge is 0.493 e. The molecule has 1 aromatic rings. The van der Waals surface area contributed by atoms with Gasteiger partial charge in [0.25, 0.3) is 0 Å². The van der Waals surface area contributed by atoms with Crippen molar-refractivity contribution >= 4 is 21.7 Å². The van der Waals surface area contributed by atoms with Gasteiger partial charge in [-0.1, -0.05) is 15.9 Å². The zero-order valence-electron chi connectivity index (χ0n) is 8.96. The van der Waals surface area contributed by atoms with Crippen LogP contribution in [0, 0.1) is 0 Å².